The lowest BCUT2D eigenvalue weighted by molar-refractivity contribution is 0.0989. The quantitative estimate of drug-likeness (QED) is 0.415. The number of amides is 2. The van der Waals surface area contributed by atoms with Crippen molar-refractivity contribution in [2.45, 2.75) is 33.1 Å². The summed E-state index contributed by atoms with van der Waals surface area (Å²) in [6.07, 6.45) is 2.20. The average Bonchev–Trinajstić information content (AvgIpc) is 3.21. The molecule has 168 valence electrons. The third-order valence-electron chi connectivity index (χ3n) is 5.18. The van der Waals surface area contributed by atoms with Gasteiger partial charge in [0, 0.05) is 23.1 Å². The van der Waals surface area contributed by atoms with Crippen LogP contribution in [0.15, 0.2) is 65.5 Å². The first-order valence-corrected chi connectivity index (χ1v) is 11.6. The number of benzene rings is 2. The van der Waals surface area contributed by atoms with E-state index in [9.17, 15) is 14.4 Å². The highest BCUT2D eigenvalue weighted by Gasteiger charge is 2.26. The lowest BCUT2D eigenvalue weighted by atomic mass is 10.1. The Morgan fingerprint density at radius 2 is 1.70 bits per heavy atom. The Morgan fingerprint density at radius 1 is 0.970 bits per heavy atom. The van der Waals surface area contributed by atoms with Crippen LogP contribution < -0.4 is 16.2 Å². The maximum absolute atomic E-state index is 13.4. The maximum Gasteiger partial charge on any atom is 0.274 e. The van der Waals surface area contributed by atoms with Crippen molar-refractivity contribution in [2.75, 3.05) is 10.6 Å². The Labute approximate surface area is 195 Å². The first kappa shape index (κ1) is 22.4. The largest absolute Gasteiger partial charge is 0.321 e. The minimum atomic E-state index is -0.535. The van der Waals surface area contributed by atoms with Crippen LogP contribution >= 0.6 is 11.3 Å². The molecule has 0 saturated carbocycles. The van der Waals surface area contributed by atoms with Crippen molar-refractivity contribution in [2.24, 2.45) is 0 Å². The SMILES string of the molecule is CCCc1cc(=O)n2c(C(=O)Nc3ccccc3CC)c(C(=O)Nc3ccccc3)sc2n1. The van der Waals surface area contributed by atoms with Gasteiger partial charge in [0.15, 0.2) is 4.96 Å². The van der Waals surface area contributed by atoms with Crippen LogP contribution in [0.4, 0.5) is 11.4 Å². The Bertz CT molecular complexity index is 1380. The molecule has 33 heavy (non-hydrogen) atoms. The Hall–Kier alpha value is -3.78. The van der Waals surface area contributed by atoms with Crippen LogP contribution in [0.5, 0.6) is 0 Å². The average molecular weight is 461 g/mol. The fraction of sp³-hybridized carbons (Fsp3) is 0.200. The van der Waals surface area contributed by atoms with E-state index >= 15 is 0 Å². The standard InChI is InChI=1S/C25H24N4O3S/c1-3-10-18-15-20(30)29-21(23(31)28-19-14-9-8-11-16(19)4-2)22(33-25(29)27-18)24(32)26-17-12-6-5-7-13-17/h5-9,11-15H,3-4,10H2,1-2H3,(H,26,32)(H,28,31). The number of hydrogen-bond acceptors (Lipinski definition) is 5. The van der Waals surface area contributed by atoms with Crippen LogP contribution in [-0.2, 0) is 12.8 Å². The molecule has 2 N–H and O–H groups in total. The zero-order valence-electron chi connectivity index (χ0n) is 18.4. The zero-order valence-corrected chi connectivity index (χ0v) is 19.2. The van der Waals surface area contributed by atoms with Crippen LogP contribution in [-0.4, -0.2) is 21.2 Å². The normalized spacial score (nSPS) is 10.8. The van der Waals surface area contributed by atoms with E-state index in [4.69, 9.17) is 0 Å². The first-order valence-electron chi connectivity index (χ1n) is 10.8. The smallest absolute Gasteiger partial charge is 0.274 e. The molecule has 8 heteroatoms. The van der Waals surface area contributed by atoms with Crippen LogP contribution in [0.25, 0.3) is 4.96 Å². The molecule has 2 amide bonds. The predicted molar refractivity (Wildman–Crippen MR) is 132 cm³/mol. The second kappa shape index (κ2) is 9.79. The van der Waals surface area contributed by atoms with Crippen LogP contribution in [0, 0.1) is 0 Å². The molecule has 0 fully saturated rings. The van der Waals surface area contributed by atoms with Crippen LogP contribution in [0.3, 0.4) is 0 Å². The summed E-state index contributed by atoms with van der Waals surface area (Å²) in [5, 5.41) is 5.69. The summed E-state index contributed by atoms with van der Waals surface area (Å²) in [6, 6.07) is 17.8. The van der Waals surface area contributed by atoms with Gasteiger partial charge in [-0.25, -0.2) is 9.38 Å². The fourth-order valence-corrected chi connectivity index (χ4v) is 4.65. The second-order valence-electron chi connectivity index (χ2n) is 7.52. The van der Waals surface area contributed by atoms with E-state index in [1.807, 2.05) is 38.1 Å². The molecule has 0 atom stereocenters. The Morgan fingerprint density at radius 3 is 2.42 bits per heavy atom. The van der Waals surface area contributed by atoms with Crippen molar-refractivity contribution in [1.29, 1.82) is 0 Å². The topological polar surface area (TPSA) is 92.6 Å². The maximum atomic E-state index is 13.4. The van der Waals surface area contributed by atoms with E-state index in [1.54, 1.807) is 30.3 Å². The van der Waals surface area contributed by atoms with Crippen molar-refractivity contribution < 1.29 is 9.59 Å². The molecule has 0 aliphatic carbocycles. The highest BCUT2D eigenvalue weighted by molar-refractivity contribution is 7.19. The molecule has 0 radical (unpaired) electrons. The molecule has 0 aliphatic rings. The predicted octanol–water partition coefficient (Wildman–Crippen LogP) is 4.78. The fourth-order valence-electron chi connectivity index (χ4n) is 3.61. The molecule has 4 aromatic rings. The molecule has 0 aliphatic heterocycles. The van der Waals surface area contributed by atoms with Gasteiger partial charge in [0.25, 0.3) is 17.4 Å². The van der Waals surface area contributed by atoms with Gasteiger partial charge >= 0.3 is 0 Å². The Kier molecular flexibility index (Phi) is 6.65. The Balaban J connectivity index is 1.82. The van der Waals surface area contributed by atoms with Crippen molar-refractivity contribution in [3.8, 4) is 0 Å². The number of fused-ring (bicyclic) bond motifs is 1. The molecule has 0 saturated heterocycles. The number of rotatable bonds is 7. The van der Waals surface area contributed by atoms with E-state index in [2.05, 4.69) is 15.6 Å². The summed E-state index contributed by atoms with van der Waals surface area (Å²) in [7, 11) is 0. The number of aromatic nitrogens is 2. The van der Waals surface area contributed by atoms with Crippen molar-refractivity contribution >= 4 is 39.5 Å². The van der Waals surface area contributed by atoms with Gasteiger partial charge in [0.2, 0.25) is 0 Å². The van der Waals surface area contributed by atoms with E-state index in [0.29, 0.717) is 28.5 Å². The van der Waals surface area contributed by atoms with E-state index in [1.165, 1.54) is 10.5 Å². The minimum Gasteiger partial charge on any atom is -0.321 e. The summed E-state index contributed by atoms with van der Waals surface area (Å²) in [6.45, 7) is 3.99. The molecule has 2 heterocycles. The molecule has 2 aromatic heterocycles. The van der Waals surface area contributed by atoms with Gasteiger partial charge in [-0.2, -0.15) is 0 Å². The van der Waals surface area contributed by atoms with Gasteiger partial charge in [-0.3, -0.25) is 14.4 Å². The van der Waals surface area contributed by atoms with E-state index in [-0.39, 0.29) is 16.1 Å². The lowest BCUT2D eigenvalue weighted by Gasteiger charge is -2.11. The van der Waals surface area contributed by atoms with E-state index < -0.39 is 11.8 Å². The summed E-state index contributed by atoms with van der Waals surface area (Å²) >= 11 is 1.03. The summed E-state index contributed by atoms with van der Waals surface area (Å²) in [5.41, 5.74) is 2.43. The van der Waals surface area contributed by atoms with Gasteiger partial charge in [-0.05, 0) is 36.6 Å². The first-order chi connectivity index (χ1) is 16.0. The summed E-state index contributed by atoms with van der Waals surface area (Å²) in [4.78, 5) is 44.6. The molecular weight excluding hydrogens is 436 g/mol. The number of aryl methyl sites for hydroxylation is 2. The molecule has 0 bridgehead atoms. The second-order valence-corrected chi connectivity index (χ2v) is 8.50. The van der Waals surface area contributed by atoms with Crippen molar-refractivity contribution in [1.82, 2.24) is 9.38 Å². The van der Waals surface area contributed by atoms with Crippen LogP contribution in [0.1, 0.15) is 51.7 Å². The van der Waals surface area contributed by atoms with E-state index in [0.717, 1.165) is 29.7 Å². The third-order valence-corrected chi connectivity index (χ3v) is 6.22. The summed E-state index contributed by atoms with van der Waals surface area (Å²) in [5.74, 6) is -1.01. The number of carbonyl (C=O) groups excluding carboxylic acids is 2. The molecule has 2 aromatic carbocycles. The molecule has 0 spiro atoms. The monoisotopic (exact) mass is 460 g/mol. The van der Waals surface area contributed by atoms with Crippen LogP contribution in [0.2, 0.25) is 0 Å². The number of nitrogens with one attached hydrogen (secondary N) is 2. The zero-order chi connectivity index (χ0) is 23.4. The highest BCUT2D eigenvalue weighted by atomic mass is 32.1. The number of hydrogen-bond donors (Lipinski definition) is 2. The third kappa shape index (κ3) is 4.70. The number of carbonyl (C=O) groups is 2. The molecular formula is C25H24N4O3S. The highest BCUT2D eigenvalue weighted by Crippen LogP contribution is 2.25. The molecule has 4 rings (SSSR count). The number of anilines is 2. The number of para-hydroxylation sites is 2. The molecule has 0 unspecified atom stereocenters. The molecule has 7 nitrogen and oxygen atoms in total. The van der Waals surface area contributed by atoms with Gasteiger partial charge in [-0.1, -0.05) is 68.0 Å². The van der Waals surface area contributed by atoms with Gasteiger partial charge < -0.3 is 10.6 Å². The van der Waals surface area contributed by atoms with Gasteiger partial charge in [-0.15, -0.1) is 0 Å². The summed E-state index contributed by atoms with van der Waals surface area (Å²) < 4.78 is 1.23. The number of thiazole rings is 1. The van der Waals surface area contributed by atoms with Crippen molar-refractivity contribution in [3.05, 3.63) is 92.8 Å². The van der Waals surface area contributed by atoms with Gasteiger partial charge in [0.05, 0.1) is 0 Å². The number of nitrogens with zero attached hydrogens (tertiary/aromatic N) is 2. The van der Waals surface area contributed by atoms with Gasteiger partial charge in [0.1, 0.15) is 10.6 Å². The lowest BCUT2D eigenvalue weighted by Crippen LogP contribution is -2.25. The van der Waals surface area contributed by atoms with Crippen molar-refractivity contribution in [3.63, 3.8) is 0 Å². The minimum absolute atomic E-state index is 0.0186.